The molecule has 22 heavy (non-hydrogen) atoms. The summed E-state index contributed by atoms with van der Waals surface area (Å²) in [5.41, 5.74) is -1.50. The highest BCUT2D eigenvalue weighted by molar-refractivity contribution is 5.41. The van der Waals surface area contributed by atoms with Gasteiger partial charge in [0.15, 0.2) is 0 Å². The van der Waals surface area contributed by atoms with Gasteiger partial charge in [0.2, 0.25) is 5.95 Å². The fraction of sp³-hybridized carbons (Fsp3) is 0.500. The zero-order valence-electron chi connectivity index (χ0n) is 11.8. The first-order valence-electron chi connectivity index (χ1n) is 6.44. The van der Waals surface area contributed by atoms with E-state index in [2.05, 4.69) is 20.3 Å². The summed E-state index contributed by atoms with van der Waals surface area (Å²) in [6, 6.07) is 0.889. The summed E-state index contributed by atoms with van der Waals surface area (Å²) < 4.78 is 39.8. The summed E-state index contributed by atoms with van der Waals surface area (Å²) in [4.78, 5) is 9.02. The molecule has 1 fully saturated rings. The number of alkyl halides is 3. The maximum Gasteiger partial charge on any atom is 0.433 e. The van der Waals surface area contributed by atoms with Crippen LogP contribution in [0.3, 0.4) is 0 Å². The van der Waals surface area contributed by atoms with Crippen LogP contribution in [-0.2, 0) is 18.8 Å². The minimum Gasteiger partial charge on any atom is -0.380 e. The Kier molecular flexibility index (Phi) is 3.09. The number of β-amino-alcohol motifs (C(OH)–C–C–N with tert-alkyl or cyclic N) is 1. The molecular weight excluding hydrogens is 301 g/mol. The monoisotopic (exact) mass is 314 g/mol. The fourth-order valence-electron chi connectivity index (χ4n) is 2.44. The predicted octanol–water partition coefficient (Wildman–Crippen LogP) is 0.640. The van der Waals surface area contributed by atoms with E-state index in [9.17, 15) is 18.3 Å². The highest BCUT2D eigenvalue weighted by atomic mass is 19.4. The number of aromatic nitrogens is 5. The average Bonchev–Trinajstić information content (AvgIpc) is 2.80. The third-order valence-corrected chi connectivity index (χ3v) is 3.51. The molecule has 2 aromatic heterocycles. The van der Waals surface area contributed by atoms with Crippen molar-refractivity contribution < 1.29 is 18.3 Å². The first kappa shape index (κ1) is 14.7. The number of hydrogen-bond acceptors (Lipinski definition) is 6. The molecule has 0 radical (unpaired) electrons. The summed E-state index contributed by atoms with van der Waals surface area (Å²) in [6.45, 7) is 1.63. The number of hydrogen-bond donors (Lipinski definition) is 1. The van der Waals surface area contributed by atoms with Crippen molar-refractivity contribution in [3.05, 3.63) is 29.3 Å². The second kappa shape index (κ2) is 4.63. The highest BCUT2D eigenvalue weighted by Crippen LogP contribution is 2.35. The molecule has 7 nitrogen and oxygen atoms in total. The van der Waals surface area contributed by atoms with E-state index in [0.717, 1.165) is 6.07 Å². The lowest BCUT2D eigenvalue weighted by Gasteiger charge is -2.46. The van der Waals surface area contributed by atoms with Crippen LogP contribution in [0, 0.1) is 6.92 Å². The van der Waals surface area contributed by atoms with E-state index in [1.807, 2.05) is 0 Å². The largest absolute Gasteiger partial charge is 0.433 e. The van der Waals surface area contributed by atoms with Gasteiger partial charge in [-0.3, -0.25) is 0 Å². The normalized spacial score (nSPS) is 17.5. The number of aryl methyl sites for hydroxylation is 2. The van der Waals surface area contributed by atoms with Crippen LogP contribution in [0.5, 0.6) is 0 Å². The maximum absolute atomic E-state index is 12.8. The molecule has 1 N–H and O–H groups in total. The molecule has 0 bridgehead atoms. The van der Waals surface area contributed by atoms with Gasteiger partial charge in [0.25, 0.3) is 0 Å². The van der Waals surface area contributed by atoms with Gasteiger partial charge in [-0.15, -0.1) is 5.10 Å². The SMILES string of the molecule is Cc1cc(C(F)(F)F)nc(N2CC(O)(c3cnnn3C)C2)n1. The molecule has 118 valence electrons. The molecule has 0 saturated carbocycles. The first-order valence-corrected chi connectivity index (χ1v) is 6.44. The zero-order chi connectivity index (χ0) is 16.1. The standard InChI is InChI=1S/C12H13F3N6O/c1-7-3-8(12(13,14)15)18-10(17-7)21-5-11(22,6-21)9-4-16-19-20(9)2/h3-4,22H,5-6H2,1-2H3. The molecule has 0 aliphatic carbocycles. The number of nitrogens with zero attached hydrogens (tertiary/aromatic N) is 6. The smallest absolute Gasteiger partial charge is 0.380 e. The predicted molar refractivity (Wildman–Crippen MR) is 68.9 cm³/mol. The second-order valence-electron chi connectivity index (χ2n) is 5.32. The quantitative estimate of drug-likeness (QED) is 0.876. The van der Waals surface area contributed by atoms with Gasteiger partial charge in [-0.05, 0) is 13.0 Å². The second-order valence-corrected chi connectivity index (χ2v) is 5.32. The molecule has 0 unspecified atom stereocenters. The number of halogens is 3. The summed E-state index contributed by atoms with van der Waals surface area (Å²) >= 11 is 0. The highest BCUT2D eigenvalue weighted by Gasteiger charge is 2.47. The summed E-state index contributed by atoms with van der Waals surface area (Å²) in [6.07, 6.45) is -3.11. The van der Waals surface area contributed by atoms with Gasteiger partial charge in [0, 0.05) is 12.7 Å². The molecule has 0 amide bonds. The minimum absolute atomic E-state index is 0.0490. The van der Waals surface area contributed by atoms with Gasteiger partial charge in [-0.1, -0.05) is 5.21 Å². The summed E-state index contributed by atoms with van der Waals surface area (Å²) in [5, 5.41) is 17.9. The van der Waals surface area contributed by atoms with E-state index in [-0.39, 0.29) is 24.7 Å². The molecular formula is C12H13F3N6O. The molecule has 10 heteroatoms. The Bertz CT molecular complexity index is 707. The van der Waals surface area contributed by atoms with Crippen LogP contribution in [0.25, 0.3) is 0 Å². The topological polar surface area (TPSA) is 80.0 Å². The van der Waals surface area contributed by atoms with E-state index in [4.69, 9.17) is 0 Å². The van der Waals surface area contributed by atoms with Crippen LogP contribution >= 0.6 is 0 Å². The van der Waals surface area contributed by atoms with E-state index in [0.29, 0.717) is 5.69 Å². The van der Waals surface area contributed by atoms with Crippen LogP contribution in [0.2, 0.25) is 0 Å². The fourth-order valence-corrected chi connectivity index (χ4v) is 2.44. The number of aliphatic hydroxyl groups is 1. The Balaban J connectivity index is 1.84. The molecule has 0 aromatic carbocycles. The lowest BCUT2D eigenvalue weighted by atomic mass is 9.91. The van der Waals surface area contributed by atoms with Crippen molar-refractivity contribution in [1.82, 2.24) is 25.0 Å². The lowest BCUT2D eigenvalue weighted by Crippen LogP contribution is -2.61. The molecule has 0 spiro atoms. The molecule has 1 aliphatic heterocycles. The molecule has 0 atom stereocenters. The van der Waals surface area contributed by atoms with Crippen molar-refractivity contribution in [2.24, 2.45) is 7.05 Å². The van der Waals surface area contributed by atoms with Crippen LogP contribution in [0.15, 0.2) is 12.3 Å². The maximum atomic E-state index is 12.8. The number of anilines is 1. The Morgan fingerprint density at radius 2 is 1.95 bits per heavy atom. The van der Waals surface area contributed by atoms with Crippen molar-refractivity contribution in [1.29, 1.82) is 0 Å². The van der Waals surface area contributed by atoms with Gasteiger partial charge in [-0.25, -0.2) is 14.6 Å². The van der Waals surface area contributed by atoms with E-state index in [1.54, 1.807) is 7.05 Å². The molecule has 2 aromatic rings. The van der Waals surface area contributed by atoms with Crippen LogP contribution in [0.1, 0.15) is 17.1 Å². The Labute approximate surface area is 123 Å². The van der Waals surface area contributed by atoms with E-state index >= 15 is 0 Å². The Morgan fingerprint density at radius 3 is 2.50 bits per heavy atom. The lowest BCUT2D eigenvalue weighted by molar-refractivity contribution is -0.141. The zero-order valence-corrected chi connectivity index (χ0v) is 11.8. The van der Waals surface area contributed by atoms with E-state index in [1.165, 1.54) is 22.7 Å². The summed E-state index contributed by atoms with van der Waals surface area (Å²) in [5.74, 6) is -0.0490. The van der Waals surface area contributed by atoms with Gasteiger partial charge in [-0.2, -0.15) is 13.2 Å². The molecule has 1 aliphatic rings. The van der Waals surface area contributed by atoms with Gasteiger partial charge in [0.1, 0.15) is 11.3 Å². The van der Waals surface area contributed by atoms with Crippen LogP contribution in [-0.4, -0.2) is 43.2 Å². The van der Waals surface area contributed by atoms with Crippen molar-refractivity contribution >= 4 is 5.95 Å². The van der Waals surface area contributed by atoms with Crippen molar-refractivity contribution in [2.75, 3.05) is 18.0 Å². The van der Waals surface area contributed by atoms with Crippen molar-refractivity contribution in [3.8, 4) is 0 Å². The Hall–Kier alpha value is -2.23. The summed E-state index contributed by atoms with van der Waals surface area (Å²) in [7, 11) is 1.63. The molecule has 3 heterocycles. The van der Waals surface area contributed by atoms with Crippen molar-refractivity contribution in [2.45, 2.75) is 18.7 Å². The van der Waals surface area contributed by atoms with Gasteiger partial charge in [0.05, 0.1) is 25.0 Å². The third kappa shape index (κ3) is 2.39. The first-order chi connectivity index (χ1) is 10.2. The van der Waals surface area contributed by atoms with Crippen LogP contribution < -0.4 is 4.90 Å². The van der Waals surface area contributed by atoms with E-state index < -0.39 is 17.5 Å². The van der Waals surface area contributed by atoms with Gasteiger partial charge >= 0.3 is 6.18 Å². The Morgan fingerprint density at radius 1 is 1.27 bits per heavy atom. The van der Waals surface area contributed by atoms with Crippen LogP contribution in [0.4, 0.5) is 19.1 Å². The molecule has 1 saturated heterocycles. The average molecular weight is 314 g/mol. The molecule has 3 rings (SSSR count). The van der Waals surface area contributed by atoms with Crippen molar-refractivity contribution in [3.63, 3.8) is 0 Å². The minimum atomic E-state index is -4.53. The number of rotatable bonds is 2. The third-order valence-electron chi connectivity index (χ3n) is 3.51. The van der Waals surface area contributed by atoms with Gasteiger partial charge < -0.3 is 10.0 Å².